The van der Waals surface area contributed by atoms with Gasteiger partial charge in [0.05, 0.1) is 29.2 Å². The van der Waals surface area contributed by atoms with Gasteiger partial charge in [-0.05, 0) is 12.8 Å². The average Bonchev–Trinajstić information content (AvgIpc) is 3.06. The minimum absolute atomic E-state index is 0.0786. The molecule has 4 heterocycles. The molecule has 31 heavy (non-hydrogen) atoms. The number of amides is 2. The number of aliphatic hydroxyl groups is 1. The third-order valence-electron chi connectivity index (χ3n) is 7.04. The van der Waals surface area contributed by atoms with Crippen molar-refractivity contribution in [3.63, 3.8) is 0 Å². The van der Waals surface area contributed by atoms with Crippen LogP contribution in [-0.4, -0.2) is 81.1 Å². The largest absolute Gasteiger partial charge is 0.461 e. The van der Waals surface area contributed by atoms with Crippen molar-refractivity contribution in [1.29, 1.82) is 0 Å². The lowest BCUT2D eigenvalue weighted by Crippen LogP contribution is -2.56. The van der Waals surface area contributed by atoms with Gasteiger partial charge in [0.25, 0.3) is 0 Å². The lowest BCUT2D eigenvalue weighted by Gasteiger charge is -2.38. The summed E-state index contributed by atoms with van der Waals surface area (Å²) in [5, 5.41) is 9.83. The van der Waals surface area contributed by atoms with E-state index in [1.165, 1.54) is 0 Å². The van der Waals surface area contributed by atoms with E-state index < -0.39 is 28.7 Å². The second kappa shape index (κ2) is 8.98. The van der Waals surface area contributed by atoms with E-state index in [1.807, 2.05) is 36.1 Å². The first-order valence-electron chi connectivity index (χ1n) is 11.4. The molecule has 1 unspecified atom stereocenters. The van der Waals surface area contributed by atoms with Gasteiger partial charge in [-0.25, -0.2) is 0 Å². The molecule has 0 radical (unpaired) electrons. The van der Waals surface area contributed by atoms with Crippen LogP contribution < -0.4 is 0 Å². The normalized spacial score (nSPS) is 35.4. The minimum Gasteiger partial charge on any atom is -0.461 e. The van der Waals surface area contributed by atoms with Crippen LogP contribution >= 0.6 is 11.8 Å². The summed E-state index contributed by atoms with van der Waals surface area (Å²) in [5.41, 5.74) is 0. The van der Waals surface area contributed by atoms with Crippen molar-refractivity contribution in [1.82, 2.24) is 9.80 Å². The summed E-state index contributed by atoms with van der Waals surface area (Å²) < 4.78 is 4.54. The molecule has 0 aromatic rings. The molecular weight excluding hydrogens is 416 g/mol. The van der Waals surface area contributed by atoms with Gasteiger partial charge in [0.1, 0.15) is 12.6 Å². The Balaban J connectivity index is 1.78. The number of ether oxygens (including phenoxy) is 1. The molecule has 2 saturated heterocycles. The van der Waals surface area contributed by atoms with Gasteiger partial charge in [-0.15, -0.1) is 11.8 Å². The number of fused-ring (bicyclic) bond motifs is 2. The zero-order valence-electron chi connectivity index (χ0n) is 18.2. The Morgan fingerprint density at radius 1 is 1.23 bits per heavy atom. The fourth-order valence-electron chi connectivity index (χ4n) is 5.52. The Morgan fingerprint density at radius 3 is 2.74 bits per heavy atom. The van der Waals surface area contributed by atoms with Gasteiger partial charge in [0.15, 0.2) is 0 Å². The van der Waals surface area contributed by atoms with E-state index in [-0.39, 0.29) is 36.2 Å². The van der Waals surface area contributed by atoms with E-state index in [1.54, 1.807) is 16.7 Å². The molecular formula is C23H32N2O5S. The van der Waals surface area contributed by atoms with Gasteiger partial charge in [0, 0.05) is 18.3 Å². The van der Waals surface area contributed by atoms with E-state index in [9.17, 15) is 19.5 Å². The maximum Gasteiger partial charge on any atom is 0.311 e. The Hall–Kier alpha value is -1.80. The molecule has 1 N–H and O–H groups in total. The number of aliphatic hydroxyl groups excluding tert-OH is 1. The number of carbonyl (C=O) groups is 3. The molecule has 4 aliphatic rings. The predicted molar refractivity (Wildman–Crippen MR) is 118 cm³/mol. The quantitative estimate of drug-likeness (QED) is 0.363. The number of hydrogen-bond acceptors (Lipinski definition) is 6. The van der Waals surface area contributed by atoms with Gasteiger partial charge in [-0.3, -0.25) is 14.4 Å². The number of rotatable bonds is 7. The molecule has 2 fully saturated rings. The Bertz CT molecular complexity index is 795. The first-order chi connectivity index (χ1) is 15.0. The third kappa shape index (κ3) is 3.52. The number of likely N-dealkylation sites (tertiary alicyclic amines) is 1. The molecule has 0 saturated carbocycles. The van der Waals surface area contributed by atoms with Crippen molar-refractivity contribution in [2.45, 2.75) is 61.6 Å². The summed E-state index contributed by atoms with van der Waals surface area (Å²) in [4.78, 5) is 44.0. The van der Waals surface area contributed by atoms with Crippen molar-refractivity contribution in [2.24, 2.45) is 11.8 Å². The highest BCUT2D eigenvalue weighted by Gasteiger charge is 2.71. The molecule has 4 rings (SSSR count). The second-order valence-corrected chi connectivity index (χ2v) is 10.3. The van der Waals surface area contributed by atoms with Gasteiger partial charge in [-0.2, -0.15) is 0 Å². The molecule has 0 aliphatic carbocycles. The molecule has 4 aliphatic heterocycles. The van der Waals surface area contributed by atoms with E-state index in [0.29, 0.717) is 19.5 Å². The highest BCUT2D eigenvalue weighted by molar-refractivity contribution is 8.02. The minimum atomic E-state index is -0.827. The SMILES string of the molecule is CCCCCN1CC=C[C@]23S[C@H]4C=CCOC(=O)[C@H]4[C@H]2C(=O)N([C@@H](CC)CO)C3C1=O. The number of carbonyl (C=O) groups excluding carboxylic acids is 3. The number of unbranched alkanes of at least 4 members (excludes halogenated alkanes) is 2. The van der Waals surface area contributed by atoms with E-state index in [0.717, 1.165) is 19.3 Å². The van der Waals surface area contributed by atoms with Crippen molar-refractivity contribution in [3.05, 3.63) is 24.3 Å². The molecule has 8 heteroatoms. The first kappa shape index (κ1) is 22.4. The van der Waals surface area contributed by atoms with Crippen LogP contribution in [-0.2, 0) is 19.1 Å². The van der Waals surface area contributed by atoms with Crippen LogP contribution in [0.15, 0.2) is 24.3 Å². The monoisotopic (exact) mass is 448 g/mol. The zero-order chi connectivity index (χ0) is 22.2. The van der Waals surface area contributed by atoms with E-state index in [2.05, 4.69) is 6.92 Å². The second-order valence-electron chi connectivity index (χ2n) is 8.78. The van der Waals surface area contributed by atoms with Crippen LogP contribution in [0.3, 0.4) is 0 Å². The maximum atomic E-state index is 13.9. The molecule has 7 nitrogen and oxygen atoms in total. The third-order valence-corrected chi connectivity index (χ3v) is 8.79. The Kier molecular flexibility index (Phi) is 6.49. The molecule has 6 atom stereocenters. The van der Waals surface area contributed by atoms with Crippen LogP contribution in [0.25, 0.3) is 0 Å². The molecule has 170 valence electrons. The Labute approximate surface area is 187 Å². The van der Waals surface area contributed by atoms with Crippen LogP contribution in [0.2, 0.25) is 0 Å². The van der Waals surface area contributed by atoms with Crippen molar-refractivity contribution in [3.8, 4) is 0 Å². The number of hydrogen-bond donors (Lipinski definition) is 1. The molecule has 0 aromatic heterocycles. The summed E-state index contributed by atoms with van der Waals surface area (Å²) in [7, 11) is 0. The summed E-state index contributed by atoms with van der Waals surface area (Å²) >= 11 is 1.54. The standard InChI is InChI=1S/C23H32N2O5S/c1-3-5-6-11-24-12-8-10-23-18(17-16(31-23)9-7-13-30-22(17)29)20(27)25(15(4-2)14-26)19(23)21(24)28/h7-10,15-19,26H,3-6,11-14H2,1-2H3/t15-,16-,17+,18-,19?,23-/m0/s1. The summed E-state index contributed by atoms with van der Waals surface area (Å²) in [6, 6.07) is -1.18. The topological polar surface area (TPSA) is 87.2 Å². The fourth-order valence-corrected chi connectivity index (χ4v) is 7.50. The molecule has 0 bridgehead atoms. The average molecular weight is 449 g/mol. The smallest absolute Gasteiger partial charge is 0.311 e. The predicted octanol–water partition coefficient (Wildman–Crippen LogP) is 1.76. The van der Waals surface area contributed by atoms with Crippen LogP contribution in [0.5, 0.6) is 0 Å². The number of thioether (sulfide) groups is 1. The fraction of sp³-hybridized carbons (Fsp3) is 0.696. The lowest BCUT2D eigenvalue weighted by atomic mass is 9.78. The van der Waals surface area contributed by atoms with E-state index >= 15 is 0 Å². The number of cyclic esters (lactones) is 1. The Morgan fingerprint density at radius 2 is 2.03 bits per heavy atom. The van der Waals surface area contributed by atoms with Crippen molar-refractivity contribution < 1.29 is 24.2 Å². The van der Waals surface area contributed by atoms with Crippen LogP contribution in [0.4, 0.5) is 0 Å². The summed E-state index contributed by atoms with van der Waals surface area (Å²) in [6.07, 6.45) is 11.3. The highest BCUT2D eigenvalue weighted by Crippen LogP contribution is 2.61. The maximum absolute atomic E-state index is 13.9. The highest BCUT2D eigenvalue weighted by atomic mass is 32.2. The lowest BCUT2D eigenvalue weighted by molar-refractivity contribution is -0.152. The van der Waals surface area contributed by atoms with Crippen LogP contribution in [0, 0.1) is 11.8 Å². The zero-order valence-corrected chi connectivity index (χ0v) is 19.1. The number of nitrogens with zero attached hydrogens (tertiary/aromatic N) is 2. The summed E-state index contributed by atoms with van der Waals surface area (Å²) in [5.74, 6) is -1.96. The number of esters is 1. The van der Waals surface area contributed by atoms with Gasteiger partial charge in [-0.1, -0.05) is 51.0 Å². The van der Waals surface area contributed by atoms with Crippen LogP contribution in [0.1, 0.15) is 39.5 Å². The van der Waals surface area contributed by atoms with Gasteiger partial charge in [0.2, 0.25) is 11.8 Å². The summed E-state index contributed by atoms with van der Waals surface area (Å²) in [6.45, 7) is 5.18. The molecule has 1 spiro atoms. The molecule has 2 amide bonds. The first-order valence-corrected chi connectivity index (χ1v) is 12.3. The van der Waals surface area contributed by atoms with E-state index in [4.69, 9.17) is 4.74 Å². The van der Waals surface area contributed by atoms with Crippen molar-refractivity contribution in [2.75, 3.05) is 26.3 Å². The van der Waals surface area contributed by atoms with Crippen molar-refractivity contribution >= 4 is 29.5 Å². The van der Waals surface area contributed by atoms with Gasteiger partial charge >= 0.3 is 5.97 Å². The molecule has 0 aromatic carbocycles. The van der Waals surface area contributed by atoms with Gasteiger partial charge < -0.3 is 19.6 Å².